The Hall–Kier alpha value is -1.00. The normalized spacial score (nSPS) is 10.6. The highest BCUT2D eigenvalue weighted by Crippen LogP contribution is 2.23. The summed E-state index contributed by atoms with van der Waals surface area (Å²) in [4.78, 5) is 14.8. The van der Waals surface area contributed by atoms with E-state index in [9.17, 15) is 4.79 Å². The number of carbonyl (C=O) groups is 1. The third-order valence-corrected chi connectivity index (χ3v) is 2.77. The van der Waals surface area contributed by atoms with Crippen molar-refractivity contribution in [1.82, 2.24) is 10.3 Å². The van der Waals surface area contributed by atoms with Gasteiger partial charge in [0, 0.05) is 17.8 Å². The lowest BCUT2D eigenvalue weighted by atomic mass is 10.1. The van der Waals surface area contributed by atoms with Gasteiger partial charge in [-0.1, -0.05) is 18.5 Å². The largest absolute Gasteiger partial charge is 0.462 e. The van der Waals surface area contributed by atoms with Crippen LogP contribution in [0.15, 0.2) is 0 Å². The maximum atomic E-state index is 11.8. The van der Waals surface area contributed by atoms with Crippen molar-refractivity contribution >= 4 is 17.6 Å². The number of H-pyrrole nitrogens is 1. The third kappa shape index (κ3) is 3.48. The Morgan fingerprint density at radius 3 is 2.76 bits per heavy atom. The fraction of sp³-hybridized carbons (Fsp3) is 0.583. The first-order valence-electron chi connectivity index (χ1n) is 5.86. The van der Waals surface area contributed by atoms with Crippen molar-refractivity contribution in [2.75, 3.05) is 13.2 Å². The van der Waals surface area contributed by atoms with E-state index in [1.54, 1.807) is 6.92 Å². The summed E-state index contributed by atoms with van der Waals surface area (Å²) in [6.07, 6.45) is 1.04. The predicted molar refractivity (Wildman–Crippen MR) is 68.5 cm³/mol. The van der Waals surface area contributed by atoms with Gasteiger partial charge in [0.25, 0.3) is 0 Å². The van der Waals surface area contributed by atoms with Crippen molar-refractivity contribution in [2.24, 2.45) is 0 Å². The van der Waals surface area contributed by atoms with Crippen molar-refractivity contribution < 1.29 is 9.53 Å². The van der Waals surface area contributed by atoms with Crippen LogP contribution < -0.4 is 5.32 Å². The number of ether oxygens (including phenoxy) is 1. The lowest BCUT2D eigenvalue weighted by Gasteiger charge is -2.06. The van der Waals surface area contributed by atoms with Crippen LogP contribution in [0, 0.1) is 6.92 Å². The number of hydrogen-bond acceptors (Lipinski definition) is 3. The maximum Gasteiger partial charge on any atom is 0.340 e. The van der Waals surface area contributed by atoms with Crippen molar-refractivity contribution in [3.8, 4) is 0 Å². The van der Waals surface area contributed by atoms with Gasteiger partial charge in [-0.2, -0.15) is 0 Å². The molecule has 0 aromatic carbocycles. The number of aryl methyl sites for hydroxylation is 1. The third-order valence-electron chi connectivity index (χ3n) is 2.45. The molecule has 0 aliphatic heterocycles. The SMILES string of the molecule is CCCNCc1c(Cl)[nH]c(C)c1C(=O)OCC. The summed E-state index contributed by atoms with van der Waals surface area (Å²) in [5.41, 5.74) is 2.10. The monoisotopic (exact) mass is 258 g/mol. The average molecular weight is 259 g/mol. The highest BCUT2D eigenvalue weighted by atomic mass is 35.5. The van der Waals surface area contributed by atoms with Crippen LogP contribution >= 0.6 is 11.6 Å². The molecule has 4 nitrogen and oxygen atoms in total. The van der Waals surface area contributed by atoms with Crippen LogP contribution in [0.3, 0.4) is 0 Å². The van der Waals surface area contributed by atoms with E-state index < -0.39 is 0 Å². The van der Waals surface area contributed by atoms with Crippen molar-refractivity contribution in [3.05, 3.63) is 22.0 Å². The second-order valence-corrected chi connectivity index (χ2v) is 4.19. The Labute approximate surface area is 107 Å². The van der Waals surface area contributed by atoms with E-state index in [0.717, 1.165) is 24.2 Å². The quantitative estimate of drug-likeness (QED) is 0.609. The zero-order valence-corrected chi connectivity index (χ0v) is 11.3. The average Bonchev–Trinajstić information content (AvgIpc) is 2.54. The zero-order valence-electron chi connectivity index (χ0n) is 10.5. The molecule has 5 heteroatoms. The molecular formula is C12H19ClN2O2. The first-order valence-corrected chi connectivity index (χ1v) is 6.24. The van der Waals surface area contributed by atoms with E-state index >= 15 is 0 Å². The maximum absolute atomic E-state index is 11.8. The summed E-state index contributed by atoms with van der Waals surface area (Å²) in [5.74, 6) is -0.318. The Kier molecular flexibility index (Phi) is 5.51. The van der Waals surface area contributed by atoms with Gasteiger partial charge in [-0.3, -0.25) is 0 Å². The van der Waals surface area contributed by atoms with Crippen molar-refractivity contribution in [2.45, 2.75) is 33.7 Å². The molecule has 1 aromatic heterocycles. The summed E-state index contributed by atoms with van der Waals surface area (Å²) < 4.78 is 5.02. The molecule has 1 heterocycles. The molecule has 0 saturated carbocycles. The number of esters is 1. The van der Waals surface area contributed by atoms with E-state index in [-0.39, 0.29) is 5.97 Å². The zero-order chi connectivity index (χ0) is 12.8. The standard InChI is InChI=1S/C12H19ClN2O2/c1-4-6-14-7-9-10(12(16)17-5-2)8(3)15-11(9)13/h14-15H,4-7H2,1-3H3. The highest BCUT2D eigenvalue weighted by Gasteiger charge is 2.20. The lowest BCUT2D eigenvalue weighted by molar-refractivity contribution is 0.0524. The van der Waals surface area contributed by atoms with Crippen LogP contribution in [0.25, 0.3) is 0 Å². The molecule has 0 aliphatic carbocycles. The number of hydrogen-bond donors (Lipinski definition) is 2. The highest BCUT2D eigenvalue weighted by molar-refractivity contribution is 6.31. The molecule has 0 amide bonds. The van der Waals surface area contributed by atoms with E-state index in [4.69, 9.17) is 16.3 Å². The molecular weight excluding hydrogens is 240 g/mol. The molecule has 0 bridgehead atoms. The number of halogens is 1. The number of carbonyl (C=O) groups excluding carboxylic acids is 1. The number of aromatic nitrogens is 1. The minimum Gasteiger partial charge on any atom is -0.462 e. The van der Waals surface area contributed by atoms with E-state index in [0.29, 0.717) is 23.9 Å². The molecule has 0 atom stereocenters. The Morgan fingerprint density at radius 1 is 1.47 bits per heavy atom. The van der Waals surface area contributed by atoms with Gasteiger partial charge in [0.2, 0.25) is 0 Å². The molecule has 1 rings (SSSR count). The smallest absolute Gasteiger partial charge is 0.340 e. The summed E-state index contributed by atoms with van der Waals surface area (Å²) in [7, 11) is 0. The van der Waals surface area contributed by atoms with Gasteiger partial charge in [0.15, 0.2) is 0 Å². The molecule has 0 fully saturated rings. The Morgan fingerprint density at radius 2 is 2.18 bits per heavy atom. The minimum atomic E-state index is -0.318. The van der Waals surface area contributed by atoms with E-state index in [2.05, 4.69) is 17.2 Å². The summed E-state index contributed by atoms with van der Waals surface area (Å²) >= 11 is 6.07. The van der Waals surface area contributed by atoms with Gasteiger partial charge in [-0.05, 0) is 26.8 Å². The second-order valence-electron chi connectivity index (χ2n) is 3.81. The van der Waals surface area contributed by atoms with E-state index in [1.165, 1.54) is 0 Å². The van der Waals surface area contributed by atoms with Gasteiger partial charge >= 0.3 is 5.97 Å². The van der Waals surface area contributed by atoms with Crippen LogP contribution in [-0.4, -0.2) is 24.1 Å². The Balaban J connectivity index is 2.89. The number of nitrogens with one attached hydrogen (secondary N) is 2. The van der Waals surface area contributed by atoms with Crippen LogP contribution in [0.5, 0.6) is 0 Å². The fourth-order valence-corrected chi connectivity index (χ4v) is 1.98. The van der Waals surface area contributed by atoms with Crippen LogP contribution in [0.4, 0.5) is 0 Å². The van der Waals surface area contributed by atoms with Crippen molar-refractivity contribution in [1.29, 1.82) is 0 Å². The molecule has 0 aliphatic rings. The van der Waals surface area contributed by atoms with Gasteiger partial charge in [0.1, 0.15) is 5.15 Å². The van der Waals surface area contributed by atoms with Crippen LogP contribution in [0.2, 0.25) is 5.15 Å². The topological polar surface area (TPSA) is 54.1 Å². The van der Waals surface area contributed by atoms with Crippen LogP contribution in [-0.2, 0) is 11.3 Å². The molecule has 0 spiro atoms. The molecule has 1 aromatic rings. The Bertz CT molecular complexity index is 388. The van der Waals surface area contributed by atoms with Gasteiger partial charge in [-0.15, -0.1) is 0 Å². The molecule has 2 N–H and O–H groups in total. The van der Waals surface area contributed by atoms with Crippen molar-refractivity contribution in [3.63, 3.8) is 0 Å². The predicted octanol–water partition coefficient (Wildman–Crippen LogP) is 2.65. The number of aromatic amines is 1. The first kappa shape index (κ1) is 14.1. The molecule has 17 heavy (non-hydrogen) atoms. The number of rotatable bonds is 6. The fourth-order valence-electron chi connectivity index (χ4n) is 1.67. The molecule has 0 radical (unpaired) electrons. The van der Waals surface area contributed by atoms with Gasteiger partial charge in [0.05, 0.1) is 12.2 Å². The molecule has 0 saturated heterocycles. The minimum absolute atomic E-state index is 0.318. The van der Waals surface area contributed by atoms with Gasteiger partial charge in [-0.25, -0.2) is 4.79 Å². The lowest BCUT2D eigenvalue weighted by Crippen LogP contribution is -2.17. The van der Waals surface area contributed by atoms with E-state index in [1.807, 2.05) is 6.92 Å². The molecule has 0 unspecified atom stereocenters. The van der Waals surface area contributed by atoms with Gasteiger partial charge < -0.3 is 15.0 Å². The summed E-state index contributed by atoms with van der Waals surface area (Å²) in [6.45, 7) is 7.53. The molecule has 96 valence electrons. The summed E-state index contributed by atoms with van der Waals surface area (Å²) in [5, 5.41) is 3.74. The van der Waals surface area contributed by atoms with Crippen LogP contribution in [0.1, 0.15) is 41.9 Å². The summed E-state index contributed by atoms with van der Waals surface area (Å²) in [6, 6.07) is 0. The first-order chi connectivity index (χ1) is 8.11. The second kappa shape index (κ2) is 6.67.